The van der Waals surface area contributed by atoms with Gasteiger partial charge < -0.3 is 5.32 Å². The third-order valence-corrected chi connectivity index (χ3v) is 5.67. The fourth-order valence-electron chi connectivity index (χ4n) is 3.25. The molecule has 3 heterocycles. The molecular formula is C22H16FN7OS. The lowest BCUT2D eigenvalue weighted by molar-refractivity contribution is 0.102. The molecule has 0 bridgehead atoms. The SMILES string of the molecule is Cc1nnnn1-c1cc(NC(=O)c2cn(-c3ccccc3)nc2-c2cccs2)ccc1F. The second kappa shape index (κ2) is 8.16. The van der Waals surface area contributed by atoms with Gasteiger partial charge in [0, 0.05) is 11.9 Å². The van der Waals surface area contributed by atoms with Crippen molar-refractivity contribution in [1.29, 1.82) is 0 Å². The number of tetrazole rings is 1. The molecule has 0 saturated heterocycles. The molecule has 32 heavy (non-hydrogen) atoms. The Balaban J connectivity index is 1.51. The summed E-state index contributed by atoms with van der Waals surface area (Å²) in [6.07, 6.45) is 1.69. The molecule has 3 aromatic heterocycles. The fraction of sp³-hybridized carbons (Fsp3) is 0.0455. The number of aryl methyl sites for hydroxylation is 1. The zero-order valence-electron chi connectivity index (χ0n) is 16.8. The number of para-hydroxylation sites is 1. The number of rotatable bonds is 5. The van der Waals surface area contributed by atoms with Gasteiger partial charge in [0.05, 0.1) is 16.1 Å². The smallest absolute Gasteiger partial charge is 0.259 e. The van der Waals surface area contributed by atoms with Crippen molar-refractivity contribution in [2.24, 2.45) is 0 Å². The van der Waals surface area contributed by atoms with Gasteiger partial charge in [-0.15, -0.1) is 16.4 Å². The summed E-state index contributed by atoms with van der Waals surface area (Å²) >= 11 is 1.50. The molecule has 5 aromatic rings. The van der Waals surface area contributed by atoms with E-state index in [0.717, 1.165) is 10.6 Å². The van der Waals surface area contributed by atoms with Crippen LogP contribution >= 0.6 is 11.3 Å². The van der Waals surface area contributed by atoms with E-state index in [0.29, 0.717) is 22.8 Å². The number of thiophene rings is 1. The molecule has 0 unspecified atom stereocenters. The number of nitrogens with one attached hydrogen (secondary N) is 1. The topological polar surface area (TPSA) is 90.5 Å². The van der Waals surface area contributed by atoms with Crippen LogP contribution in [0.3, 0.4) is 0 Å². The summed E-state index contributed by atoms with van der Waals surface area (Å²) in [7, 11) is 0. The molecule has 2 aromatic carbocycles. The minimum atomic E-state index is -0.505. The Labute approximate surface area is 185 Å². The van der Waals surface area contributed by atoms with E-state index in [1.54, 1.807) is 17.8 Å². The standard InChI is InChI=1S/C22H16FN7OS/c1-14-25-27-28-30(14)19-12-15(9-10-18(19)23)24-22(31)17-13-29(16-6-3-2-4-7-16)26-21(17)20-8-5-11-32-20/h2-13H,1H3,(H,24,31). The zero-order chi connectivity index (χ0) is 22.1. The molecule has 0 fully saturated rings. The van der Waals surface area contributed by atoms with E-state index in [4.69, 9.17) is 0 Å². The number of amides is 1. The number of nitrogens with zero attached hydrogens (tertiary/aromatic N) is 6. The largest absolute Gasteiger partial charge is 0.322 e. The summed E-state index contributed by atoms with van der Waals surface area (Å²) < 4.78 is 17.3. The number of carbonyl (C=O) groups excluding carboxylic acids is 1. The van der Waals surface area contributed by atoms with Gasteiger partial charge in [-0.2, -0.15) is 9.78 Å². The number of anilines is 1. The molecule has 0 radical (unpaired) electrons. The second-order valence-corrected chi connectivity index (χ2v) is 7.85. The van der Waals surface area contributed by atoms with Crippen molar-refractivity contribution in [3.63, 3.8) is 0 Å². The van der Waals surface area contributed by atoms with Crippen molar-refractivity contribution >= 4 is 22.9 Å². The van der Waals surface area contributed by atoms with Crippen molar-refractivity contribution < 1.29 is 9.18 Å². The van der Waals surface area contributed by atoms with Crippen LogP contribution in [0.25, 0.3) is 21.9 Å². The molecule has 10 heteroatoms. The van der Waals surface area contributed by atoms with E-state index in [9.17, 15) is 9.18 Å². The molecule has 0 aliphatic rings. The highest BCUT2D eigenvalue weighted by molar-refractivity contribution is 7.13. The Morgan fingerprint density at radius 1 is 1.09 bits per heavy atom. The lowest BCUT2D eigenvalue weighted by atomic mass is 10.2. The van der Waals surface area contributed by atoms with E-state index in [2.05, 4.69) is 25.9 Å². The molecule has 1 amide bonds. The predicted octanol–water partition coefficient (Wildman–Crippen LogP) is 4.28. The summed E-state index contributed by atoms with van der Waals surface area (Å²) in [6.45, 7) is 1.66. The molecule has 0 saturated carbocycles. The van der Waals surface area contributed by atoms with E-state index >= 15 is 0 Å². The van der Waals surface area contributed by atoms with Crippen LogP contribution in [0.5, 0.6) is 0 Å². The molecule has 158 valence electrons. The van der Waals surface area contributed by atoms with E-state index in [1.807, 2.05) is 47.8 Å². The maximum absolute atomic E-state index is 14.4. The highest BCUT2D eigenvalue weighted by Gasteiger charge is 2.20. The molecule has 8 nitrogen and oxygen atoms in total. The number of hydrogen-bond donors (Lipinski definition) is 1. The van der Waals surface area contributed by atoms with Crippen molar-refractivity contribution in [3.05, 3.63) is 89.4 Å². The van der Waals surface area contributed by atoms with Crippen molar-refractivity contribution in [2.75, 3.05) is 5.32 Å². The predicted molar refractivity (Wildman–Crippen MR) is 119 cm³/mol. The van der Waals surface area contributed by atoms with Gasteiger partial charge in [-0.3, -0.25) is 4.79 Å². The minimum absolute atomic E-state index is 0.142. The number of aromatic nitrogens is 6. The molecule has 0 aliphatic carbocycles. The number of benzene rings is 2. The summed E-state index contributed by atoms with van der Waals surface area (Å²) in [5, 5.41) is 20.5. The van der Waals surface area contributed by atoms with Gasteiger partial charge in [0.15, 0.2) is 5.82 Å². The maximum atomic E-state index is 14.4. The summed E-state index contributed by atoms with van der Waals surface area (Å²) in [6, 6.07) is 17.6. The Morgan fingerprint density at radius 2 is 1.94 bits per heavy atom. The van der Waals surface area contributed by atoms with Crippen LogP contribution in [-0.2, 0) is 0 Å². The maximum Gasteiger partial charge on any atom is 0.259 e. The molecule has 1 N–H and O–H groups in total. The minimum Gasteiger partial charge on any atom is -0.322 e. The van der Waals surface area contributed by atoms with Gasteiger partial charge in [-0.1, -0.05) is 24.3 Å². The molecule has 5 rings (SSSR count). The Kier molecular flexibility index (Phi) is 5.04. The number of hydrogen-bond acceptors (Lipinski definition) is 6. The average Bonchev–Trinajstić information content (AvgIpc) is 3.56. The van der Waals surface area contributed by atoms with Crippen LogP contribution in [0.15, 0.2) is 72.2 Å². The average molecular weight is 445 g/mol. The summed E-state index contributed by atoms with van der Waals surface area (Å²) in [5.74, 6) is -0.437. The normalized spacial score (nSPS) is 10.9. The summed E-state index contributed by atoms with van der Waals surface area (Å²) in [4.78, 5) is 14.1. The Bertz CT molecular complexity index is 1390. The second-order valence-electron chi connectivity index (χ2n) is 6.91. The fourth-order valence-corrected chi connectivity index (χ4v) is 3.98. The van der Waals surface area contributed by atoms with Crippen LogP contribution in [-0.4, -0.2) is 35.9 Å². The quantitative estimate of drug-likeness (QED) is 0.436. The monoisotopic (exact) mass is 445 g/mol. The number of carbonyl (C=O) groups is 1. The van der Waals surface area contributed by atoms with Crippen molar-refractivity contribution in [3.8, 4) is 21.9 Å². The van der Waals surface area contributed by atoms with Crippen molar-refractivity contribution in [2.45, 2.75) is 6.92 Å². The zero-order valence-corrected chi connectivity index (χ0v) is 17.6. The molecule has 0 atom stereocenters. The third kappa shape index (κ3) is 3.67. The van der Waals surface area contributed by atoms with Crippen LogP contribution in [0.2, 0.25) is 0 Å². The Hall–Kier alpha value is -4.18. The molecule has 0 spiro atoms. The lowest BCUT2D eigenvalue weighted by Crippen LogP contribution is -2.13. The first-order valence-corrected chi connectivity index (χ1v) is 10.5. The van der Waals surface area contributed by atoms with Gasteiger partial charge in [0.2, 0.25) is 0 Å². The van der Waals surface area contributed by atoms with E-state index in [-0.39, 0.29) is 11.6 Å². The van der Waals surface area contributed by atoms with Gasteiger partial charge in [-0.05, 0) is 59.1 Å². The molecular weight excluding hydrogens is 429 g/mol. The van der Waals surface area contributed by atoms with Gasteiger partial charge in [0.25, 0.3) is 5.91 Å². The highest BCUT2D eigenvalue weighted by atomic mass is 32.1. The third-order valence-electron chi connectivity index (χ3n) is 4.79. The first-order chi connectivity index (χ1) is 15.6. The van der Waals surface area contributed by atoms with Crippen molar-refractivity contribution in [1.82, 2.24) is 30.0 Å². The highest BCUT2D eigenvalue weighted by Crippen LogP contribution is 2.29. The van der Waals surface area contributed by atoms with Gasteiger partial charge in [-0.25, -0.2) is 9.07 Å². The lowest BCUT2D eigenvalue weighted by Gasteiger charge is -2.09. The first-order valence-electron chi connectivity index (χ1n) is 9.65. The first kappa shape index (κ1) is 19.8. The van der Waals surface area contributed by atoms with E-state index < -0.39 is 5.82 Å². The van der Waals surface area contributed by atoms with Crippen LogP contribution < -0.4 is 5.32 Å². The Morgan fingerprint density at radius 3 is 2.66 bits per heavy atom. The van der Waals surface area contributed by atoms with Crippen LogP contribution in [0.1, 0.15) is 16.2 Å². The summed E-state index contributed by atoms with van der Waals surface area (Å²) in [5.41, 5.74) is 2.36. The van der Waals surface area contributed by atoms with Gasteiger partial charge in [0.1, 0.15) is 17.2 Å². The number of halogens is 1. The molecule has 0 aliphatic heterocycles. The van der Waals surface area contributed by atoms with Gasteiger partial charge >= 0.3 is 0 Å². The van der Waals surface area contributed by atoms with Crippen LogP contribution in [0.4, 0.5) is 10.1 Å². The van der Waals surface area contributed by atoms with Crippen LogP contribution in [0, 0.1) is 12.7 Å². The van der Waals surface area contributed by atoms with E-state index in [1.165, 1.54) is 34.2 Å².